The van der Waals surface area contributed by atoms with Gasteiger partial charge in [-0.25, -0.2) is 4.79 Å². The molecule has 2 amide bonds. The summed E-state index contributed by atoms with van der Waals surface area (Å²) >= 11 is 0. The van der Waals surface area contributed by atoms with Gasteiger partial charge in [0.1, 0.15) is 0 Å². The third-order valence-corrected chi connectivity index (χ3v) is 4.64. The van der Waals surface area contributed by atoms with Crippen LogP contribution in [0.5, 0.6) is 0 Å². The molecule has 2 aliphatic rings. The number of nitrogens with one attached hydrogen (secondary N) is 1. The number of hydrogen-bond acceptors (Lipinski definition) is 3. The predicted octanol–water partition coefficient (Wildman–Crippen LogP) is 2.06. The molecule has 1 aromatic heterocycles. The zero-order valence-electron chi connectivity index (χ0n) is 13.0. The molecule has 1 aromatic rings. The minimum atomic E-state index is 0.0952. The summed E-state index contributed by atoms with van der Waals surface area (Å²) < 4.78 is 1.86. The van der Waals surface area contributed by atoms with E-state index in [0.29, 0.717) is 11.8 Å². The third kappa shape index (κ3) is 4.08. The van der Waals surface area contributed by atoms with Crippen LogP contribution in [0.15, 0.2) is 24.5 Å². The van der Waals surface area contributed by atoms with Crippen molar-refractivity contribution >= 4 is 6.03 Å². The van der Waals surface area contributed by atoms with E-state index in [9.17, 15) is 4.79 Å². The number of rotatable bonds is 4. The molecule has 0 spiro atoms. The minimum absolute atomic E-state index is 0.0952. The molecular formula is C16H25N5O. The van der Waals surface area contributed by atoms with Gasteiger partial charge in [-0.1, -0.05) is 17.4 Å². The van der Waals surface area contributed by atoms with Crippen LogP contribution in [0.3, 0.4) is 0 Å². The molecule has 1 aliphatic heterocycles. The van der Waals surface area contributed by atoms with Gasteiger partial charge in [0.15, 0.2) is 0 Å². The van der Waals surface area contributed by atoms with Crippen molar-refractivity contribution in [3.63, 3.8) is 0 Å². The summed E-state index contributed by atoms with van der Waals surface area (Å²) in [5.41, 5.74) is 0. The molecule has 0 bridgehead atoms. The number of piperidine rings is 1. The van der Waals surface area contributed by atoms with Gasteiger partial charge in [-0.05, 0) is 43.9 Å². The van der Waals surface area contributed by atoms with Crippen LogP contribution in [0.4, 0.5) is 4.79 Å². The number of amides is 2. The van der Waals surface area contributed by atoms with Crippen molar-refractivity contribution in [2.45, 2.75) is 38.6 Å². The van der Waals surface area contributed by atoms with Gasteiger partial charge < -0.3 is 10.2 Å². The molecular weight excluding hydrogens is 278 g/mol. The van der Waals surface area contributed by atoms with E-state index < -0.39 is 0 Å². The van der Waals surface area contributed by atoms with Gasteiger partial charge in [0, 0.05) is 32.4 Å². The fourth-order valence-electron chi connectivity index (χ4n) is 3.38. The Labute approximate surface area is 131 Å². The first-order valence-electron chi connectivity index (χ1n) is 8.33. The zero-order valence-corrected chi connectivity index (χ0v) is 13.0. The van der Waals surface area contributed by atoms with Gasteiger partial charge in [0.25, 0.3) is 0 Å². The number of nitrogens with zero attached hydrogens (tertiary/aromatic N) is 4. The van der Waals surface area contributed by atoms with Crippen LogP contribution in [-0.2, 0) is 6.54 Å². The lowest BCUT2D eigenvalue weighted by atomic mass is 9.94. The predicted molar refractivity (Wildman–Crippen MR) is 84.2 cm³/mol. The van der Waals surface area contributed by atoms with Crippen molar-refractivity contribution in [2.24, 2.45) is 11.8 Å². The molecule has 1 saturated heterocycles. The van der Waals surface area contributed by atoms with E-state index in [1.165, 1.54) is 6.42 Å². The van der Waals surface area contributed by atoms with Crippen LogP contribution in [0.2, 0.25) is 0 Å². The molecule has 1 fully saturated rings. The summed E-state index contributed by atoms with van der Waals surface area (Å²) in [7, 11) is 0. The number of allylic oxidation sites excluding steroid dienone is 2. The second kappa shape index (κ2) is 7.42. The molecule has 2 atom stereocenters. The highest BCUT2D eigenvalue weighted by molar-refractivity contribution is 5.74. The van der Waals surface area contributed by atoms with E-state index in [4.69, 9.17) is 0 Å². The lowest BCUT2D eigenvalue weighted by Crippen LogP contribution is -2.47. The topological polar surface area (TPSA) is 63.1 Å². The first kappa shape index (κ1) is 15.1. The number of aromatic nitrogens is 3. The summed E-state index contributed by atoms with van der Waals surface area (Å²) in [4.78, 5) is 14.3. The summed E-state index contributed by atoms with van der Waals surface area (Å²) in [5.74, 6) is 1.07. The van der Waals surface area contributed by atoms with Crippen molar-refractivity contribution in [1.82, 2.24) is 25.2 Å². The molecule has 2 heterocycles. The van der Waals surface area contributed by atoms with Crippen molar-refractivity contribution in [2.75, 3.05) is 19.6 Å². The monoisotopic (exact) mass is 303 g/mol. The molecule has 2 unspecified atom stereocenters. The summed E-state index contributed by atoms with van der Waals surface area (Å²) in [6, 6.07) is 0.0952. The molecule has 120 valence electrons. The Hall–Kier alpha value is -1.85. The Morgan fingerprint density at radius 3 is 3.00 bits per heavy atom. The second-order valence-electron chi connectivity index (χ2n) is 6.42. The maximum absolute atomic E-state index is 12.4. The van der Waals surface area contributed by atoms with Crippen molar-refractivity contribution < 1.29 is 4.79 Å². The zero-order chi connectivity index (χ0) is 15.2. The standard InChI is InChI=1S/C16H25N5O/c22-16(17-11-14-5-2-1-3-6-14)20-9-4-7-15(12-20)13-21-10-8-18-19-21/h1-2,8,10,14-15H,3-7,9,11-13H2,(H,17,22). The third-order valence-electron chi connectivity index (χ3n) is 4.64. The first-order valence-corrected chi connectivity index (χ1v) is 8.33. The molecule has 1 aliphatic carbocycles. The summed E-state index contributed by atoms with van der Waals surface area (Å²) in [5, 5.41) is 11.0. The first-order chi connectivity index (χ1) is 10.8. The second-order valence-corrected chi connectivity index (χ2v) is 6.42. The van der Waals surface area contributed by atoms with Gasteiger partial charge in [0.05, 0.1) is 6.20 Å². The van der Waals surface area contributed by atoms with E-state index in [1.807, 2.05) is 15.8 Å². The van der Waals surface area contributed by atoms with Crippen molar-refractivity contribution in [3.8, 4) is 0 Å². The smallest absolute Gasteiger partial charge is 0.317 e. The largest absolute Gasteiger partial charge is 0.338 e. The molecule has 1 N–H and O–H groups in total. The minimum Gasteiger partial charge on any atom is -0.338 e. The van der Waals surface area contributed by atoms with Crippen molar-refractivity contribution in [1.29, 1.82) is 0 Å². The van der Waals surface area contributed by atoms with Crippen LogP contribution in [0, 0.1) is 11.8 Å². The van der Waals surface area contributed by atoms with Crippen molar-refractivity contribution in [3.05, 3.63) is 24.5 Å². The molecule has 6 nitrogen and oxygen atoms in total. The van der Waals surface area contributed by atoms with Crippen LogP contribution >= 0.6 is 0 Å². The fourth-order valence-corrected chi connectivity index (χ4v) is 3.38. The maximum atomic E-state index is 12.4. The SMILES string of the molecule is O=C(NCC1CC=CCC1)N1CCCC(Cn2ccnn2)C1. The van der Waals surface area contributed by atoms with E-state index in [2.05, 4.69) is 27.8 Å². The highest BCUT2D eigenvalue weighted by atomic mass is 16.2. The lowest BCUT2D eigenvalue weighted by Gasteiger charge is -2.33. The molecule has 0 aromatic carbocycles. The molecule has 0 radical (unpaired) electrons. The van der Waals surface area contributed by atoms with E-state index >= 15 is 0 Å². The Bertz CT molecular complexity index is 499. The Morgan fingerprint density at radius 1 is 1.27 bits per heavy atom. The highest BCUT2D eigenvalue weighted by Gasteiger charge is 2.24. The van der Waals surface area contributed by atoms with Gasteiger partial charge >= 0.3 is 6.03 Å². The van der Waals surface area contributed by atoms with Gasteiger partial charge in [-0.15, -0.1) is 5.10 Å². The number of carbonyl (C=O) groups excluding carboxylic acids is 1. The van der Waals surface area contributed by atoms with E-state index in [0.717, 1.165) is 51.9 Å². The normalized spacial score (nSPS) is 25.2. The average molecular weight is 303 g/mol. The number of carbonyl (C=O) groups is 1. The molecule has 3 rings (SSSR count). The van der Waals surface area contributed by atoms with E-state index in [-0.39, 0.29) is 6.03 Å². The molecule has 22 heavy (non-hydrogen) atoms. The summed E-state index contributed by atoms with van der Waals surface area (Å²) in [6.07, 6.45) is 13.7. The van der Waals surface area contributed by atoms with Gasteiger partial charge in [-0.2, -0.15) is 0 Å². The fraction of sp³-hybridized carbons (Fsp3) is 0.688. The lowest BCUT2D eigenvalue weighted by molar-refractivity contribution is 0.156. The number of urea groups is 1. The maximum Gasteiger partial charge on any atom is 0.317 e. The highest BCUT2D eigenvalue weighted by Crippen LogP contribution is 2.19. The van der Waals surface area contributed by atoms with Crippen LogP contribution in [-0.4, -0.2) is 45.6 Å². The number of likely N-dealkylation sites (tertiary alicyclic amines) is 1. The average Bonchev–Trinajstić information content (AvgIpc) is 3.07. The van der Waals surface area contributed by atoms with Gasteiger partial charge in [-0.3, -0.25) is 4.68 Å². The van der Waals surface area contributed by atoms with E-state index in [1.54, 1.807) is 6.20 Å². The Balaban J connectivity index is 1.44. The Kier molecular flexibility index (Phi) is 5.08. The van der Waals surface area contributed by atoms with Gasteiger partial charge in [0.2, 0.25) is 0 Å². The van der Waals surface area contributed by atoms with Crippen LogP contribution in [0.1, 0.15) is 32.1 Å². The summed E-state index contributed by atoms with van der Waals surface area (Å²) in [6.45, 7) is 3.32. The molecule has 0 saturated carbocycles. The van der Waals surface area contributed by atoms with Crippen LogP contribution < -0.4 is 5.32 Å². The van der Waals surface area contributed by atoms with Crippen LogP contribution in [0.25, 0.3) is 0 Å². The molecule has 6 heteroatoms. The Morgan fingerprint density at radius 2 is 2.23 bits per heavy atom. The number of hydrogen-bond donors (Lipinski definition) is 1. The quantitative estimate of drug-likeness (QED) is 0.866.